The number of hydrogen-bond acceptors (Lipinski definition) is 4. The van der Waals surface area contributed by atoms with Gasteiger partial charge in [0, 0.05) is 0 Å². The highest BCUT2D eigenvalue weighted by Crippen LogP contribution is 2.25. The van der Waals surface area contributed by atoms with Crippen LogP contribution in [-0.2, 0) is 14.8 Å². The highest BCUT2D eigenvalue weighted by atomic mass is 32.2. The molecule has 1 N–H and O–H groups in total. The van der Waals surface area contributed by atoms with Crippen LogP contribution in [0.25, 0.3) is 0 Å². The molecular weight excluding hydrogens is 422 g/mol. The number of carbonyl (C=O) groups is 1. The maximum Gasteiger partial charge on any atom is 0.264 e. The first-order valence-electron chi connectivity index (χ1n) is 10.3. The number of amides is 1. The molecule has 0 saturated heterocycles. The molecule has 0 radical (unpaired) electrons. The van der Waals surface area contributed by atoms with Gasteiger partial charge in [0.1, 0.15) is 6.54 Å². The Labute approximate surface area is 189 Å². The van der Waals surface area contributed by atoms with Crippen molar-refractivity contribution in [2.45, 2.75) is 31.6 Å². The number of aryl methyl sites for hydroxylation is 1. The Kier molecular flexibility index (Phi) is 7.43. The molecule has 166 valence electrons. The fourth-order valence-electron chi connectivity index (χ4n) is 3.06. The summed E-state index contributed by atoms with van der Waals surface area (Å²) in [7, 11) is -3.94. The van der Waals surface area contributed by atoms with E-state index in [-0.39, 0.29) is 4.90 Å². The van der Waals surface area contributed by atoms with Crippen LogP contribution < -0.4 is 9.73 Å². The molecule has 0 saturated carbocycles. The van der Waals surface area contributed by atoms with Crippen molar-refractivity contribution in [3.63, 3.8) is 0 Å². The van der Waals surface area contributed by atoms with E-state index >= 15 is 0 Å². The fourth-order valence-corrected chi connectivity index (χ4v) is 4.50. The minimum Gasteiger partial charge on any atom is -0.271 e. The molecule has 0 aliphatic rings. The third kappa shape index (κ3) is 5.82. The predicted molar refractivity (Wildman–Crippen MR) is 128 cm³/mol. The molecule has 0 atom stereocenters. The van der Waals surface area contributed by atoms with Gasteiger partial charge in [0.15, 0.2) is 0 Å². The first-order valence-corrected chi connectivity index (χ1v) is 11.8. The van der Waals surface area contributed by atoms with Gasteiger partial charge < -0.3 is 0 Å². The molecule has 0 unspecified atom stereocenters. The van der Waals surface area contributed by atoms with E-state index in [9.17, 15) is 13.2 Å². The molecule has 0 bridgehead atoms. The van der Waals surface area contributed by atoms with Crippen LogP contribution in [0, 0.1) is 6.92 Å². The van der Waals surface area contributed by atoms with Crippen LogP contribution in [0.3, 0.4) is 0 Å². The Morgan fingerprint density at radius 1 is 0.969 bits per heavy atom. The lowest BCUT2D eigenvalue weighted by Crippen LogP contribution is -2.39. The minimum atomic E-state index is -3.94. The van der Waals surface area contributed by atoms with Crippen LogP contribution in [-0.4, -0.2) is 27.1 Å². The largest absolute Gasteiger partial charge is 0.271 e. The van der Waals surface area contributed by atoms with Crippen molar-refractivity contribution in [2.75, 3.05) is 10.8 Å². The van der Waals surface area contributed by atoms with Crippen LogP contribution in [0.15, 0.2) is 88.9 Å². The Balaban J connectivity index is 1.83. The summed E-state index contributed by atoms with van der Waals surface area (Å²) in [5, 5.41) is 3.96. The zero-order chi connectivity index (χ0) is 23.1. The van der Waals surface area contributed by atoms with Crippen molar-refractivity contribution in [1.82, 2.24) is 5.43 Å². The molecule has 0 aliphatic heterocycles. The van der Waals surface area contributed by atoms with E-state index in [1.54, 1.807) is 30.3 Å². The first kappa shape index (κ1) is 23.2. The van der Waals surface area contributed by atoms with E-state index in [1.165, 1.54) is 18.3 Å². The normalized spacial score (nSPS) is 11.6. The lowest BCUT2D eigenvalue weighted by Gasteiger charge is -2.24. The number of nitrogens with zero attached hydrogens (tertiary/aromatic N) is 2. The highest BCUT2D eigenvalue weighted by molar-refractivity contribution is 7.92. The maximum absolute atomic E-state index is 13.3. The summed E-state index contributed by atoms with van der Waals surface area (Å²) >= 11 is 0. The Hall–Kier alpha value is -3.45. The summed E-state index contributed by atoms with van der Waals surface area (Å²) in [6, 6.07) is 22.9. The monoisotopic (exact) mass is 449 g/mol. The zero-order valence-electron chi connectivity index (χ0n) is 18.4. The second kappa shape index (κ2) is 10.2. The molecule has 3 aromatic rings. The van der Waals surface area contributed by atoms with Crippen LogP contribution >= 0.6 is 0 Å². The summed E-state index contributed by atoms with van der Waals surface area (Å²) in [5.74, 6) is -0.233. The number of hydrogen-bond donors (Lipinski definition) is 1. The van der Waals surface area contributed by atoms with Gasteiger partial charge in [-0.3, -0.25) is 9.10 Å². The van der Waals surface area contributed by atoms with Gasteiger partial charge in [0.2, 0.25) is 0 Å². The van der Waals surface area contributed by atoms with Crippen molar-refractivity contribution in [3.05, 3.63) is 95.6 Å². The molecule has 1 amide bonds. The van der Waals surface area contributed by atoms with Crippen molar-refractivity contribution in [2.24, 2.45) is 5.10 Å². The van der Waals surface area contributed by atoms with Gasteiger partial charge in [0.25, 0.3) is 15.9 Å². The Morgan fingerprint density at radius 3 is 2.19 bits per heavy atom. The van der Waals surface area contributed by atoms with Gasteiger partial charge in [-0.1, -0.05) is 74.0 Å². The number of rotatable bonds is 8. The van der Waals surface area contributed by atoms with Gasteiger partial charge in [-0.15, -0.1) is 0 Å². The quantitative estimate of drug-likeness (QED) is 0.407. The lowest BCUT2D eigenvalue weighted by atomic mass is 10.0. The van der Waals surface area contributed by atoms with E-state index in [2.05, 4.69) is 24.4 Å². The minimum absolute atomic E-state index is 0.115. The third-order valence-electron chi connectivity index (χ3n) is 4.95. The van der Waals surface area contributed by atoms with Crippen LogP contribution in [0.4, 0.5) is 5.69 Å². The van der Waals surface area contributed by atoms with Crippen molar-refractivity contribution in [1.29, 1.82) is 0 Å². The number of nitrogens with one attached hydrogen (secondary N) is 1. The van der Waals surface area contributed by atoms with E-state index in [0.29, 0.717) is 11.6 Å². The smallest absolute Gasteiger partial charge is 0.264 e. The van der Waals surface area contributed by atoms with Crippen molar-refractivity contribution in [3.8, 4) is 0 Å². The standard InChI is InChI=1S/C25H27N3O3S/c1-19(2)22-13-15-23(16-14-22)28(32(30,31)24-7-5-4-6-8-24)18-25(29)27-26-17-21-11-9-20(3)10-12-21/h4-17,19H,18H2,1-3H3,(H,27,29). The summed E-state index contributed by atoms with van der Waals surface area (Å²) in [5.41, 5.74) is 5.87. The molecule has 3 aromatic carbocycles. The lowest BCUT2D eigenvalue weighted by molar-refractivity contribution is -0.119. The maximum atomic E-state index is 13.3. The van der Waals surface area contributed by atoms with E-state index in [4.69, 9.17) is 0 Å². The Bertz CT molecular complexity index is 1170. The topological polar surface area (TPSA) is 78.8 Å². The number of carbonyl (C=O) groups excluding carboxylic acids is 1. The van der Waals surface area contributed by atoms with Crippen LogP contribution in [0.5, 0.6) is 0 Å². The molecule has 0 aliphatic carbocycles. The molecule has 0 spiro atoms. The number of hydrazone groups is 1. The number of benzene rings is 3. The van der Waals surface area contributed by atoms with E-state index in [0.717, 1.165) is 21.0 Å². The average Bonchev–Trinajstić information content (AvgIpc) is 2.79. The van der Waals surface area contributed by atoms with Crippen LogP contribution in [0.2, 0.25) is 0 Å². The van der Waals surface area contributed by atoms with Crippen molar-refractivity contribution < 1.29 is 13.2 Å². The van der Waals surface area contributed by atoms with Gasteiger partial charge in [-0.05, 0) is 48.2 Å². The average molecular weight is 450 g/mol. The molecule has 3 rings (SSSR count). The van der Waals surface area contributed by atoms with E-state index < -0.39 is 22.5 Å². The molecule has 7 heteroatoms. The van der Waals surface area contributed by atoms with Crippen LogP contribution in [0.1, 0.15) is 36.5 Å². The molecule has 0 fully saturated rings. The summed E-state index contributed by atoms with van der Waals surface area (Å²) < 4.78 is 27.7. The van der Waals surface area contributed by atoms with Gasteiger partial charge >= 0.3 is 0 Å². The summed E-state index contributed by atoms with van der Waals surface area (Å²) in [6.07, 6.45) is 1.52. The Morgan fingerprint density at radius 2 is 1.59 bits per heavy atom. The van der Waals surface area contributed by atoms with Gasteiger partial charge in [-0.2, -0.15) is 5.10 Å². The predicted octanol–water partition coefficient (Wildman–Crippen LogP) is 4.46. The first-order chi connectivity index (χ1) is 15.3. The molecule has 32 heavy (non-hydrogen) atoms. The third-order valence-corrected chi connectivity index (χ3v) is 6.73. The summed E-state index contributed by atoms with van der Waals surface area (Å²) in [6.45, 7) is 5.71. The summed E-state index contributed by atoms with van der Waals surface area (Å²) in [4.78, 5) is 12.7. The second-order valence-electron chi connectivity index (χ2n) is 7.77. The van der Waals surface area contributed by atoms with Gasteiger partial charge in [-0.25, -0.2) is 13.8 Å². The SMILES string of the molecule is Cc1ccc(C=NNC(=O)CN(c2ccc(C(C)C)cc2)S(=O)(=O)c2ccccc2)cc1. The molecule has 0 aromatic heterocycles. The number of anilines is 1. The fraction of sp³-hybridized carbons (Fsp3) is 0.200. The zero-order valence-corrected chi connectivity index (χ0v) is 19.2. The van der Waals surface area contributed by atoms with Gasteiger partial charge in [0.05, 0.1) is 16.8 Å². The van der Waals surface area contributed by atoms with E-state index in [1.807, 2.05) is 43.3 Å². The van der Waals surface area contributed by atoms with Crippen molar-refractivity contribution >= 4 is 27.8 Å². The molecule has 6 nitrogen and oxygen atoms in total. The highest BCUT2D eigenvalue weighted by Gasteiger charge is 2.27. The second-order valence-corrected chi connectivity index (χ2v) is 9.64. The number of sulfonamides is 1. The molecular formula is C25H27N3O3S. The molecule has 0 heterocycles.